The molecule has 102 valence electrons. The van der Waals surface area contributed by atoms with Gasteiger partial charge in [0.1, 0.15) is 6.17 Å². The Labute approximate surface area is 102 Å². The molecule has 5 atom stereocenters. The third-order valence-corrected chi connectivity index (χ3v) is 3.18. The minimum atomic E-state index is -1.50. The van der Waals surface area contributed by atoms with Gasteiger partial charge in [0.05, 0.1) is 12.7 Å². The van der Waals surface area contributed by atoms with Gasteiger partial charge in [0, 0.05) is 12.1 Å². The summed E-state index contributed by atoms with van der Waals surface area (Å²) in [4.78, 5) is 4.33. The van der Waals surface area contributed by atoms with Gasteiger partial charge in [-0.3, -0.25) is 0 Å². The molecule has 0 aliphatic carbocycles. The number of ether oxygens (including phenoxy) is 1. The zero-order valence-corrected chi connectivity index (χ0v) is 9.70. The summed E-state index contributed by atoms with van der Waals surface area (Å²) in [5.41, 5.74) is 5.19. The van der Waals surface area contributed by atoms with E-state index in [9.17, 15) is 13.9 Å². The highest BCUT2D eigenvalue weighted by Gasteiger charge is 2.46. The highest BCUT2D eigenvalue weighted by molar-refractivity contribution is 5.95. The highest BCUT2D eigenvalue weighted by atomic mass is 19.1. The Morgan fingerprint density at radius 2 is 2.28 bits per heavy atom. The number of hydrogen-bond acceptors (Lipinski definition) is 6. The van der Waals surface area contributed by atoms with Crippen LogP contribution in [0.1, 0.15) is 6.92 Å². The molecule has 2 aliphatic rings. The molecule has 2 heterocycles. The van der Waals surface area contributed by atoms with Crippen LogP contribution in [0.2, 0.25) is 0 Å². The smallest absolute Gasteiger partial charge is 0.229 e. The van der Waals surface area contributed by atoms with Gasteiger partial charge in [-0.25, -0.2) is 13.8 Å². The van der Waals surface area contributed by atoms with Crippen molar-refractivity contribution in [3.8, 4) is 0 Å². The molecule has 18 heavy (non-hydrogen) atoms. The second kappa shape index (κ2) is 4.79. The van der Waals surface area contributed by atoms with Gasteiger partial charge in [-0.2, -0.15) is 0 Å². The van der Waals surface area contributed by atoms with Crippen LogP contribution in [0.3, 0.4) is 0 Å². The summed E-state index contributed by atoms with van der Waals surface area (Å²) in [6, 6.07) is 0. The molecule has 0 aromatic rings. The molecule has 1 fully saturated rings. The number of nitrogens with zero attached hydrogens (tertiary/aromatic N) is 2. The van der Waals surface area contributed by atoms with Gasteiger partial charge in [0.2, 0.25) is 6.35 Å². The molecule has 1 saturated heterocycles. The van der Waals surface area contributed by atoms with Gasteiger partial charge >= 0.3 is 0 Å². The first kappa shape index (κ1) is 13.2. The zero-order chi connectivity index (χ0) is 13.4. The van der Waals surface area contributed by atoms with Gasteiger partial charge in [-0.05, 0) is 0 Å². The highest BCUT2D eigenvalue weighted by Crippen LogP contribution is 2.33. The molecule has 0 aromatic heterocycles. The molecule has 0 saturated carbocycles. The quantitative estimate of drug-likeness (QED) is 0.621. The number of rotatable bonds is 2. The lowest BCUT2D eigenvalue weighted by Gasteiger charge is -2.32. The topological polar surface area (TPSA) is 91.3 Å². The monoisotopic (exact) mass is 263 g/mol. The van der Waals surface area contributed by atoms with Gasteiger partial charge < -0.3 is 25.6 Å². The summed E-state index contributed by atoms with van der Waals surface area (Å²) < 4.78 is 32.5. The van der Waals surface area contributed by atoms with Crippen LogP contribution in [0, 0.1) is 5.92 Å². The number of aliphatic hydroxyl groups is 2. The SMILES string of the molecule is C[C@@H]1[C@H](F)[C@H](N2C=C(F)C(N)=NC2O)O[C@@H]1CO. The van der Waals surface area contributed by atoms with Crippen LogP contribution < -0.4 is 5.73 Å². The van der Waals surface area contributed by atoms with Crippen LogP contribution in [0.15, 0.2) is 17.0 Å². The van der Waals surface area contributed by atoms with Crippen LogP contribution in [0.25, 0.3) is 0 Å². The predicted molar refractivity (Wildman–Crippen MR) is 58.5 cm³/mol. The lowest BCUT2D eigenvalue weighted by Crippen LogP contribution is -2.46. The van der Waals surface area contributed by atoms with E-state index in [4.69, 9.17) is 15.6 Å². The first-order valence-electron chi connectivity index (χ1n) is 5.52. The summed E-state index contributed by atoms with van der Waals surface area (Å²) in [7, 11) is 0. The van der Waals surface area contributed by atoms with Gasteiger partial charge in [-0.15, -0.1) is 0 Å². The van der Waals surface area contributed by atoms with Crippen molar-refractivity contribution in [1.29, 1.82) is 0 Å². The molecule has 0 aromatic carbocycles. The van der Waals surface area contributed by atoms with E-state index < -0.39 is 42.4 Å². The van der Waals surface area contributed by atoms with Crippen molar-refractivity contribution in [3.05, 3.63) is 12.0 Å². The third kappa shape index (κ3) is 2.06. The van der Waals surface area contributed by atoms with E-state index in [1.54, 1.807) is 6.92 Å². The average Bonchev–Trinajstić information content (AvgIpc) is 2.61. The lowest BCUT2D eigenvalue weighted by atomic mass is 10.0. The van der Waals surface area contributed by atoms with E-state index in [1.165, 1.54) is 0 Å². The van der Waals surface area contributed by atoms with Crippen LogP contribution >= 0.6 is 0 Å². The fourth-order valence-corrected chi connectivity index (χ4v) is 2.01. The number of hydrogen-bond donors (Lipinski definition) is 3. The van der Waals surface area contributed by atoms with Crippen molar-refractivity contribution >= 4 is 5.84 Å². The molecule has 0 radical (unpaired) electrons. The first-order valence-corrected chi connectivity index (χ1v) is 5.52. The van der Waals surface area contributed by atoms with Crippen LogP contribution in [0.4, 0.5) is 8.78 Å². The Hall–Kier alpha value is -1.25. The van der Waals surface area contributed by atoms with E-state index in [0.29, 0.717) is 0 Å². The summed E-state index contributed by atoms with van der Waals surface area (Å²) in [5, 5.41) is 18.6. The van der Waals surface area contributed by atoms with Crippen molar-refractivity contribution in [3.63, 3.8) is 0 Å². The van der Waals surface area contributed by atoms with Crippen molar-refractivity contribution in [2.75, 3.05) is 6.61 Å². The van der Waals surface area contributed by atoms with E-state index in [0.717, 1.165) is 11.1 Å². The Bertz CT molecular complexity index is 391. The standard InChI is InChI=1S/C10H15F2N3O3/c1-4-6(3-16)18-9(7(4)12)15-2-5(11)8(13)14-10(15)17/h2,4,6-7,9-10,16-17H,3H2,1H3,(H2,13,14)/t4-,6+,7-,9+,10?/m0/s1. The van der Waals surface area contributed by atoms with Crippen molar-refractivity contribution in [1.82, 2.24) is 4.90 Å². The fourth-order valence-electron chi connectivity index (χ4n) is 2.01. The van der Waals surface area contributed by atoms with E-state index in [2.05, 4.69) is 4.99 Å². The van der Waals surface area contributed by atoms with E-state index in [1.807, 2.05) is 0 Å². The Morgan fingerprint density at radius 1 is 1.61 bits per heavy atom. The van der Waals surface area contributed by atoms with Gasteiger partial charge in [-0.1, -0.05) is 6.92 Å². The van der Waals surface area contributed by atoms with Crippen LogP contribution in [-0.2, 0) is 4.74 Å². The average molecular weight is 263 g/mol. The maximum Gasteiger partial charge on any atom is 0.229 e. The second-order valence-electron chi connectivity index (χ2n) is 4.34. The predicted octanol–water partition coefficient (Wildman–Crippen LogP) is -0.563. The molecular formula is C10H15F2N3O3. The summed E-state index contributed by atoms with van der Waals surface area (Å²) in [6.07, 6.45) is -4.02. The number of aliphatic imine (C=N–C) groups is 1. The number of nitrogens with two attached hydrogens (primary N) is 1. The number of amidine groups is 1. The minimum Gasteiger partial charge on any atom is -0.394 e. The molecular weight excluding hydrogens is 248 g/mol. The molecule has 4 N–H and O–H groups in total. The summed E-state index contributed by atoms with van der Waals surface area (Å²) in [6.45, 7) is 1.22. The Kier molecular flexibility index (Phi) is 3.51. The molecule has 8 heteroatoms. The minimum absolute atomic E-state index is 0.348. The summed E-state index contributed by atoms with van der Waals surface area (Å²) in [5.74, 6) is -1.87. The van der Waals surface area contributed by atoms with Crippen molar-refractivity contribution in [2.45, 2.75) is 31.8 Å². The largest absolute Gasteiger partial charge is 0.394 e. The van der Waals surface area contributed by atoms with Crippen molar-refractivity contribution in [2.24, 2.45) is 16.6 Å². The van der Waals surface area contributed by atoms with Crippen LogP contribution in [0.5, 0.6) is 0 Å². The molecule has 6 nitrogen and oxygen atoms in total. The molecule has 2 aliphatic heterocycles. The van der Waals surface area contributed by atoms with Gasteiger partial charge in [0.25, 0.3) is 0 Å². The maximum atomic E-state index is 14.0. The van der Waals surface area contributed by atoms with E-state index in [-0.39, 0.29) is 6.61 Å². The Morgan fingerprint density at radius 3 is 2.83 bits per heavy atom. The molecule has 0 bridgehead atoms. The first-order chi connectivity index (χ1) is 8.45. The lowest BCUT2D eigenvalue weighted by molar-refractivity contribution is -0.121. The normalized spacial score (nSPS) is 40.7. The van der Waals surface area contributed by atoms with Gasteiger partial charge in [0.15, 0.2) is 17.9 Å². The Balaban J connectivity index is 2.18. The third-order valence-electron chi connectivity index (χ3n) is 3.18. The zero-order valence-electron chi connectivity index (χ0n) is 9.70. The molecule has 0 amide bonds. The van der Waals surface area contributed by atoms with Crippen molar-refractivity contribution < 1.29 is 23.7 Å². The molecule has 1 unspecified atom stereocenters. The number of alkyl halides is 1. The second-order valence-corrected chi connectivity index (χ2v) is 4.34. The summed E-state index contributed by atoms with van der Waals surface area (Å²) >= 11 is 0. The molecule has 0 spiro atoms. The fraction of sp³-hybridized carbons (Fsp3) is 0.700. The molecule has 2 rings (SSSR count). The van der Waals surface area contributed by atoms with E-state index >= 15 is 0 Å². The maximum absolute atomic E-state index is 14.0. The van der Waals surface area contributed by atoms with Crippen LogP contribution in [-0.4, -0.2) is 52.4 Å². The number of aliphatic hydroxyl groups excluding tert-OH is 2. The number of halogens is 2.